The van der Waals surface area contributed by atoms with E-state index in [0.717, 1.165) is 0 Å². The topological polar surface area (TPSA) is 108 Å². The summed E-state index contributed by atoms with van der Waals surface area (Å²) < 4.78 is 12.8. The fourth-order valence-electron chi connectivity index (χ4n) is 2.39. The summed E-state index contributed by atoms with van der Waals surface area (Å²) in [4.78, 5) is 12.2. The minimum absolute atomic E-state index is 0.0474. The number of nitrogen functional groups attached to an aromatic ring is 1. The molecule has 1 aliphatic heterocycles. The first kappa shape index (κ1) is 14.5. The summed E-state index contributed by atoms with van der Waals surface area (Å²) in [6.45, 7) is 2.81. The van der Waals surface area contributed by atoms with Crippen molar-refractivity contribution in [1.29, 1.82) is 0 Å². The molecule has 0 aliphatic carbocycles. The number of hydrogen-bond donors (Lipinski definition) is 2. The second kappa shape index (κ2) is 5.72. The van der Waals surface area contributed by atoms with Gasteiger partial charge in [-0.1, -0.05) is 0 Å². The molecule has 0 aromatic carbocycles. The van der Waals surface area contributed by atoms with E-state index in [0.29, 0.717) is 30.8 Å². The van der Waals surface area contributed by atoms with Crippen molar-refractivity contribution >= 4 is 28.6 Å². The number of nitrogens with two attached hydrogens (primary N) is 1. The van der Waals surface area contributed by atoms with E-state index in [1.54, 1.807) is 10.9 Å². The van der Waals surface area contributed by atoms with Crippen molar-refractivity contribution in [1.82, 2.24) is 19.5 Å². The van der Waals surface area contributed by atoms with Crippen LogP contribution in [0.15, 0.2) is 6.33 Å². The third-order valence-electron chi connectivity index (χ3n) is 3.42. The summed E-state index contributed by atoms with van der Waals surface area (Å²) in [6, 6.07) is 0. The molecule has 1 saturated heterocycles. The number of hydrogen-bond acceptors (Lipinski definition) is 7. The summed E-state index contributed by atoms with van der Waals surface area (Å²) >= 11 is 5.83. The van der Waals surface area contributed by atoms with Gasteiger partial charge in [0.2, 0.25) is 5.28 Å². The van der Waals surface area contributed by atoms with E-state index in [1.165, 1.54) is 0 Å². The zero-order valence-electron chi connectivity index (χ0n) is 11.4. The van der Waals surface area contributed by atoms with Crippen molar-refractivity contribution in [2.75, 3.05) is 18.9 Å². The van der Waals surface area contributed by atoms with Crippen molar-refractivity contribution in [3.05, 3.63) is 11.6 Å². The quantitative estimate of drug-likeness (QED) is 0.801. The second-order valence-corrected chi connectivity index (χ2v) is 5.13. The molecule has 0 saturated carbocycles. The van der Waals surface area contributed by atoms with Crippen LogP contribution in [0.5, 0.6) is 0 Å². The lowest BCUT2D eigenvalue weighted by Gasteiger charge is -2.15. The molecule has 114 valence electrons. The summed E-state index contributed by atoms with van der Waals surface area (Å²) in [5.41, 5.74) is 6.72. The summed E-state index contributed by atoms with van der Waals surface area (Å²) in [5, 5.41) is 10.1. The molecule has 2 aromatic heterocycles. The number of aliphatic hydroxyl groups excluding tert-OH is 1. The van der Waals surface area contributed by atoms with Crippen molar-refractivity contribution in [3.63, 3.8) is 0 Å². The maximum Gasteiger partial charge on any atom is 0.226 e. The van der Waals surface area contributed by atoms with Crippen molar-refractivity contribution in [3.8, 4) is 0 Å². The minimum Gasteiger partial charge on any atom is -0.390 e. The smallest absolute Gasteiger partial charge is 0.226 e. The van der Waals surface area contributed by atoms with Crippen LogP contribution in [0.3, 0.4) is 0 Å². The molecule has 1 aliphatic rings. The number of anilines is 1. The Morgan fingerprint density at radius 2 is 2.38 bits per heavy atom. The van der Waals surface area contributed by atoms with E-state index in [4.69, 9.17) is 26.8 Å². The Morgan fingerprint density at radius 3 is 3.14 bits per heavy atom. The van der Waals surface area contributed by atoms with Gasteiger partial charge < -0.3 is 20.3 Å². The van der Waals surface area contributed by atoms with Crippen LogP contribution in [-0.2, 0) is 9.47 Å². The Hall–Kier alpha value is -1.48. The lowest BCUT2D eigenvalue weighted by molar-refractivity contribution is -0.0594. The van der Waals surface area contributed by atoms with Gasteiger partial charge in [-0.2, -0.15) is 9.97 Å². The molecule has 0 amide bonds. The van der Waals surface area contributed by atoms with Gasteiger partial charge in [-0.25, -0.2) is 4.98 Å². The van der Waals surface area contributed by atoms with E-state index < -0.39 is 6.10 Å². The van der Waals surface area contributed by atoms with Crippen LogP contribution in [-0.4, -0.2) is 50.0 Å². The maximum absolute atomic E-state index is 10.0. The predicted octanol–water partition coefficient (Wildman–Crippen LogP) is 0.747. The highest BCUT2D eigenvalue weighted by molar-refractivity contribution is 6.28. The van der Waals surface area contributed by atoms with Gasteiger partial charge in [0.05, 0.1) is 19.0 Å². The van der Waals surface area contributed by atoms with Gasteiger partial charge >= 0.3 is 0 Å². The molecule has 3 heterocycles. The SMILES string of the molecule is CCOC[C@H]1OC(n2cnc3c(N)nc(Cl)nc32)C[C@@H]1O. The van der Waals surface area contributed by atoms with E-state index in [1.807, 2.05) is 6.92 Å². The number of halogens is 1. The zero-order valence-corrected chi connectivity index (χ0v) is 12.2. The number of fused-ring (bicyclic) bond motifs is 1. The highest BCUT2D eigenvalue weighted by Crippen LogP contribution is 2.32. The number of aliphatic hydroxyl groups is 1. The third-order valence-corrected chi connectivity index (χ3v) is 3.59. The molecule has 1 unspecified atom stereocenters. The summed E-state index contributed by atoms with van der Waals surface area (Å²) in [6.07, 6.45) is 0.619. The highest BCUT2D eigenvalue weighted by atomic mass is 35.5. The lowest BCUT2D eigenvalue weighted by Crippen LogP contribution is -2.26. The number of ether oxygens (including phenoxy) is 2. The molecule has 3 rings (SSSR count). The first-order valence-electron chi connectivity index (χ1n) is 6.67. The second-order valence-electron chi connectivity index (χ2n) is 4.79. The van der Waals surface area contributed by atoms with Gasteiger partial charge in [-0.3, -0.25) is 4.57 Å². The lowest BCUT2D eigenvalue weighted by atomic mass is 10.2. The number of aromatic nitrogens is 4. The Kier molecular flexibility index (Phi) is 3.94. The van der Waals surface area contributed by atoms with Crippen LogP contribution in [0.1, 0.15) is 19.6 Å². The van der Waals surface area contributed by atoms with Gasteiger partial charge in [0.1, 0.15) is 17.8 Å². The van der Waals surface area contributed by atoms with Crippen molar-refractivity contribution in [2.24, 2.45) is 0 Å². The monoisotopic (exact) mass is 313 g/mol. The fraction of sp³-hybridized carbons (Fsp3) is 0.583. The van der Waals surface area contributed by atoms with Crippen LogP contribution >= 0.6 is 11.6 Å². The number of rotatable bonds is 4. The fourth-order valence-corrected chi connectivity index (χ4v) is 2.56. The third kappa shape index (κ3) is 2.67. The molecule has 3 atom stereocenters. The molecule has 9 heteroatoms. The van der Waals surface area contributed by atoms with E-state index in [2.05, 4.69) is 15.0 Å². The minimum atomic E-state index is -0.603. The van der Waals surface area contributed by atoms with Gasteiger partial charge in [0, 0.05) is 13.0 Å². The molecule has 8 nitrogen and oxygen atoms in total. The number of imidazole rings is 1. The van der Waals surface area contributed by atoms with Crippen LogP contribution in [0.25, 0.3) is 11.2 Å². The van der Waals surface area contributed by atoms with Gasteiger partial charge in [-0.15, -0.1) is 0 Å². The summed E-state index contributed by atoms with van der Waals surface area (Å²) in [7, 11) is 0. The zero-order chi connectivity index (χ0) is 15.0. The Balaban J connectivity index is 1.88. The molecule has 0 radical (unpaired) electrons. The standard InChI is InChI=1S/C12H16ClN5O3/c1-2-20-4-7-6(19)3-8(21-7)18-5-15-9-10(14)16-12(13)17-11(9)18/h5-8,19H,2-4H2,1H3,(H2,14,16,17)/t6-,7+,8?/m0/s1. The molecule has 21 heavy (non-hydrogen) atoms. The summed E-state index contributed by atoms with van der Waals surface area (Å²) in [5.74, 6) is 0.216. The van der Waals surface area contributed by atoms with Gasteiger partial charge in [0.15, 0.2) is 11.5 Å². The van der Waals surface area contributed by atoms with Crippen molar-refractivity contribution in [2.45, 2.75) is 31.8 Å². The first-order chi connectivity index (χ1) is 10.1. The average Bonchev–Trinajstić information content (AvgIpc) is 3.00. The Bertz CT molecular complexity index is 649. The van der Waals surface area contributed by atoms with Crippen LogP contribution < -0.4 is 5.73 Å². The highest BCUT2D eigenvalue weighted by Gasteiger charge is 2.36. The molecular weight excluding hydrogens is 298 g/mol. The van der Waals surface area contributed by atoms with Crippen LogP contribution in [0, 0.1) is 0 Å². The number of nitrogens with zero attached hydrogens (tertiary/aromatic N) is 4. The van der Waals surface area contributed by atoms with Gasteiger partial charge in [0.25, 0.3) is 0 Å². The van der Waals surface area contributed by atoms with Crippen molar-refractivity contribution < 1.29 is 14.6 Å². The molecular formula is C12H16ClN5O3. The predicted molar refractivity (Wildman–Crippen MR) is 75.8 cm³/mol. The first-order valence-corrected chi connectivity index (χ1v) is 7.04. The van der Waals surface area contributed by atoms with E-state index >= 15 is 0 Å². The van der Waals surface area contributed by atoms with E-state index in [9.17, 15) is 5.11 Å². The van der Waals surface area contributed by atoms with E-state index in [-0.39, 0.29) is 23.4 Å². The molecule has 0 spiro atoms. The van der Waals surface area contributed by atoms with Crippen LogP contribution in [0.4, 0.5) is 5.82 Å². The molecule has 1 fully saturated rings. The Labute approximate surface area is 125 Å². The maximum atomic E-state index is 10.0. The normalized spacial score (nSPS) is 25.8. The Morgan fingerprint density at radius 1 is 1.57 bits per heavy atom. The largest absolute Gasteiger partial charge is 0.390 e. The molecule has 2 aromatic rings. The van der Waals surface area contributed by atoms with Crippen LogP contribution in [0.2, 0.25) is 5.28 Å². The van der Waals surface area contributed by atoms with Gasteiger partial charge in [-0.05, 0) is 18.5 Å². The molecule has 0 bridgehead atoms. The molecule has 3 N–H and O–H groups in total. The average molecular weight is 314 g/mol.